The van der Waals surface area contributed by atoms with Crippen molar-refractivity contribution in [2.24, 2.45) is 17.8 Å². The highest BCUT2D eigenvalue weighted by Gasteiger charge is 2.51. The molecule has 4 saturated carbocycles. The molecule has 1 aromatic heterocycles. The number of hydrogen-bond acceptors (Lipinski definition) is 6. The Morgan fingerprint density at radius 1 is 1.09 bits per heavy atom. The SMILES string of the molecule is C[C@@H](OC(=O)CCNC(=O)NC12CC3CC(CC(C3)C1)C2)c1nnc(-c2ccccc2)o1. The Hall–Kier alpha value is -2.90. The average molecular weight is 439 g/mol. The largest absolute Gasteiger partial charge is 0.453 e. The first-order valence-corrected chi connectivity index (χ1v) is 11.6. The quantitative estimate of drug-likeness (QED) is 0.633. The third-order valence-corrected chi connectivity index (χ3v) is 7.15. The minimum absolute atomic E-state index is 0.0394. The highest BCUT2D eigenvalue weighted by molar-refractivity contribution is 5.76. The van der Waals surface area contributed by atoms with Crippen LogP contribution in [0.2, 0.25) is 0 Å². The number of nitrogens with one attached hydrogen (secondary N) is 2. The molecule has 0 radical (unpaired) electrons. The Kier molecular flexibility index (Phi) is 5.61. The Morgan fingerprint density at radius 3 is 2.41 bits per heavy atom. The molecule has 1 aromatic carbocycles. The first kappa shape index (κ1) is 21.0. The van der Waals surface area contributed by atoms with Crippen LogP contribution in [0.15, 0.2) is 34.7 Å². The van der Waals surface area contributed by atoms with E-state index in [1.165, 1.54) is 19.3 Å². The molecule has 0 unspecified atom stereocenters. The summed E-state index contributed by atoms with van der Waals surface area (Å²) in [4.78, 5) is 24.7. The van der Waals surface area contributed by atoms with Crippen molar-refractivity contribution < 1.29 is 18.7 Å². The van der Waals surface area contributed by atoms with Gasteiger partial charge in [-0.05, 0) is 75.3 Å². The van der Waals surface area contributed by atoms with E-state index in [2.05, 4.69) is 20.8 Å². The molecule has 0 saturated heterocycles. The van der Waals surface area contributed by atoms with Crippen molar-refractivity contribution >= 4 is 12.0 Å². The van der Waals surface area contributed by atoms with E-state index in [1.54, 1.807) is 6.92 Å². The number of urea groups is 1. The van der Waals surface area contributed by atoms with Gasteiger partial charge >= 0.3 is 12.0 Å². The van der Waals surface area contributed by atoms with Gasteiger partial charge in [-0.25, -0.2) is 4.79 Å². The lowest BCUT2D eigenvalue weighted by molar-refractivity contribution is -0.149. The molecule has 4 aliphatic carbocycles. The normalized spacial score (nSPS) is 28.8. The molecule has 4 aliphatic rings. The second kappa shape index (κ2) is 8.56. The zero-order valence-corrected chi connectivity index (χ0v) is 18.4. The van der Waals surface area contributed by atoms with E-state index in [1.807, 2.05) is 30.3 Å². The van der Waals surface area contributed by atoms with Gasteiger partial charge in [0.1, 0.15) is 0 Å². The maximum absolute atomic E-state index is 12.5. The molecule has 170 valence electrons. The van der Waals surface area contributed by atoms with Crippen LogP contribution in [0.5, 0.6) is 0 Å². The monoisotopic (exact) mass is 438 g/mol. The summed E-state index contributed by atoms with van der Waals surface area (Å²) in [5.41, 5.74) is 0.765. The number of ether oxygens (including phenoxy) is 1. The predicted molar refractivity (Wildman–Crippen MR) is 116 cm³/mol. The van der Waals surface area contributed by atoms with Crippen LogP contribution in [0.1, 0.15) is 63.9 Å². The third kappa shape index (κ3) is 4.49. The molecule has 2 N–H and O–H groups in total. The van der Waals surface area contributed by atoms with Crippen LogP contribution in [0, 0.1) is 17.8 Å². The fourth-order valence-corrected chi connectivity index (χ4v) is 6.23. The van der Waals surface area contributed by atoms with Crippen LogP contribution in [0.4, 0.5) is 4.79 Å². The van der Waals surface area contributed by atoms with Gasteiger partial charge in [-0.15, -0.1) is 10.2 Å². The standard InChI is InChI=1S/C24H30N4O4/c1-15(21-27-28-22(32-21)19-5-3-2-4-6-19)31-20(29)7-8-25-23(30)26-24-12-16-9-17(13-24)11-18(10-16)14-24/h2-6,15-18H,7-14H2,1H3,(H2,25,26,30)/t15-,16?,17?,18?,24?/m1/s1. The van der Waals surface area contributed by atoms with Gasteiger partial charge in [-0.2, -0.15) is 0 Å². The minimum Gasteiger partial charge on any atom is -0.453 e. The molecule has 4 bridgehead atoms. The summed E-state index contributed by atoms with van der Waals surface area (Å²) in [5, 5.41) is 14.1. The first-order valence-electron chi connectivity index (χ1n) is 11.6. The molecule has 6 rings (SSSR count). The van der Waals surface area contributed by atoms with E-state index >= 15 is 0 Å². The lowest BCUT2D eigenvalue weighted by Crippen LogP contribution is -2.61. The number of amides is 2. The second-order valence-corrected chi connectivity index (χ2v) is 9.77. The minimum atomic E-state index is -0.659. The van der Waals surface area contributed by atoms with Crippen molar-refractivity contribution in [2.45, 2.75) is 63.5 Å². The van der Waals surface area contributed by atoms with E-state index in [0.717, 1.165) is 42.6 Å². The summed E-state index contributed by atoms with van der Waals surface area (Å²) in [6.07, 6.45) is 6.72. The van der Waals surface area contributed by atoms with Crippen LogP contribution < -0.4 is 10.6 Å². The van der Waals surface area contributed by atoms with Crippen molar-refractivity contribution in [3.05, 3.63) is 36.2 Å². The lowest BCUT2D eigenvalue weighted by Gasteiger charge is -2.56. The van der Waals surface area contributed by atoms with Gasteiger partial charge in [0.15, 0.2) is 6.10 Å². The highest BCUT2D eigenvalue weighted by Crippen LogP contribution is 2.55. The van der Waals surface area contributed by atoms with Gasteiger partial charge in [0.25, 0.3) is 5.89 Å². The van der Waals surface area contributed by atoms with E-state index in [0.29, 0.717) is 5.89 Å². The zero-order valence-electron chi connectivity index (χ0n) is 18.4. The van der Waals surface area contributed by atoms with Gasteiger partial charge < -0.3 is 19.8 Å². The number of nitrogens with zero attached hydrogens (tertiary/aromatic N) is 2. The summed E-state index contributed by atoms with van der Waals surface area (Å²) >= 11 is 0. The fraction of sp³-hybridized carbons (Fsp3) is 0.583. The Morgan fingerprint density at radius 2 is 1.75 bits per heavy atom. The second-order valence-electron chi connectivity index (χ2n) is 9.77. The number of esters is 1. The molecule has 8 nitrogen and oxygen atoms in total. The predicted octanol–water partition coefficient (Wildman–Crippen LogP) is 4.00. The number of rotatable bonds is 7. The van der Waals surface area contributed by atoms with E-state index < -0.39 is 12.1 Å². The zero-order chi connectivity index (χ0) is 22.1. The topological polar surface area (TPSA) is 106 Å². The van der Waals surface area contributed by atoms with Gasteiger partial charge in [0, 0.05) is 17.6 Å². The summed E-state index contributed by atoms with van der Waals surface area (Å²) in [6.45, 7) is 1.91. The van der Waals surface area contributed by atoms with Crippen molar-refractivity contribution in [3.63, 3.8) is 0 Å². The summed E-state index contributed by atoms with van der Waals surface area (Å²) in [6, 6.07) is 9.23. The van der Waals surface area contributed by atoms with Crippen molar-refractivity contribution in [3.8, 4) is 11.5 Å². The van der Waals surface area contributed by atoms with Gasteiger partial charge in [-0.1, -0.05) is 18.2 Å². The molecular weight excluding hydrogens is 408 g/mol. The van der Waals surface area contributed by atoms with Crippen LogP contribution in [0.25, 0.3) is 11.5 Å². The van der Waals surface area contributed by atoms with Crippen LogP contribution in [-0.2, 0) is 9.53 Å². The molecule has 8 heteroatoms. The van der Waals surface area contributed by atoms with Crippen molar-refractivity contribution in [1.29, 1.82) is 0 Å². The Balaban J connectivity index is 1.06. The van der Waals surface area contributed by atoms with Gasteiger partial charge in [-0.3, -0.25) is 4.79 Å². The molecular formula is C24H30N4O4. The molecule has 2 aromatic rings. The molecule has 4 fully saturated rings. The molecule has 32 heavy (non-hydrogen) atoms. The fourth-order valence-electron chi connectivity index (χ4n) is 6.23. The maximum Gasteiger partial charge on any atom is 0.315 e. The van der Waals surface area contributed by atoms with Crippen LogP contribution in [-0.4, -0.2) is 34.3 Å². The number of aromatic nitrogens is 2. The molecule has 0 aliphatic heterocycles. The number of carbonyl (C=O) groups excluding carboxylic acids is 2. The number of hydrogen-bond donors (Lipinski definition) is 2. The van der Waals surface area contributed by atoms with E-state index in [4.69, 9.17) is 9.15 Å². The van der Waals surface area contributed by atoms with Crippen molar-refractivity contribution in [1.82, 2.24) is 20.8 Å². The van der Waals surface area contributed by atoms with E-state index in [9.17, 15) is 9.59 Å². The third-order valence-electron chi connectivity index (χ3n) is 7.15. The smallest absolute Gasteiger partial charge is 0.315 e. The van der Waals surface area contributed by atoms with Crippen LogP contribution in [0.3, 0.4) is 0 Å². The highest BCUT2D eigenvalue weighted by atomic mass is 16.6. The van der Waals surface area contributed by atoms with E-state index in [-0.39, 0.29) is 30.4 Å². The number of carbonyl (C=O) groups is 2. The summed E-state index contributed by atoms with van der Waals surface area (Å²) in [7, 11) is 0. The van der Waals surface area contributed by atoms with Gasteiger partial charge in [0.2, 0.25) is 5.89 Å². The molecule has 2 amide bonds. The summed E-state index contributed by atoms with van der Waals surface area (Å²) < 4.78 is 11.0. The number of benzene rings is 1. The maximum atomic E-state index is 12.5. The first-order chi connectivity index (χ1) is 15.5. The molecule has 1 heterocycles. The average Bonchev–Trinajstić information content (AvgIpc) is 3.23. The lowest BCUT2D eigenvalue weighted by atomic mass is 9.53. The van der Waals surface area contributed by atoms with Crippen molar-refractivity contribution in [2.75, 3.05) is 6.54 Å². The van der Waals surface area contributed by atoms with Crippen LogP contribution >= 0.6 is 0 Å². The Bertz CT molecular complexity index is 938. The Labute approximate surface area is 187 Å². The molecule has 0 spiro atoms. The summed E-state index contributed by atoms with van der Waals surface area (Å²) in [5.74, 6) is 2.50. The molecule has 1 atom stereocenters. The van der Waals surface area contributed by atoms with Gasteiger partial charge in [0.05, 0.1) is 6.42 Å².